The quantitative estimate of drug-likeness (QED) is 0.0858. The zero-order chi connectivity index (χ0) is 25.2. The summed E-state index contributed by atoms with van der Waals surface area (Å²) in [5, 5.41) is 0. The Labute approximate surface area is 221 Å². The molecule has 0 aromatic carbocycles. The van der Waals surface area contributed by atoms with E-state index in [9.17, 15) is 0 Å². The first-order chi connectivity index (χ1) is 17.3. The lowest BCUT2D eigenvalue weighted by atomic mass is 10.0. The monoisotopic (exact) mass is 490 g/mol. The van der Waals surface area contributed by atoms with Gasteiger partial charge in [0, 0.05) is 6.42 Å². The summed E-state index contributed by atoms with van der Waals surface area (Å²) >= 11 is 0. The molecule has 206 valence electrons. The zero-order valence-electron chi connectivity index (χ0n) is 24.6. The first-order valence-electron chi connectivity index (χ1n) is 16.4. The molecule has 0 amide bonds. The molecule has 35 heavy (non-hydrogen) atoms. The topological polar surface area (TPSA) is 8.81 Å². The van der Waals surface area contributed by atoms with Crippen molar-refractivity contribution in [3.63, 3.8) is 0 Å². The van der Waals surface area contributed by atoms with Crippen LogP contribution in [0.15, 0.2) is 12.4 Å². The van der Waals surface area contributed by atoms with Crippen molar-refractivity contribution in [2.75, 3.05) is 0 Å². The van der Waals surface area contributed by atoms with Crippen LogP contribution in [0.4, 0.5) is 0 Å². The van der Waals surface area contributed by atoms with Crippen LogP contribution >= 0.6 is 0 Å². The lowest BCUT2D eigenvalue weighted by Gasteiger charge is -2.05. The fourth-order valence-corrected chi connectivity index (χ4v) is 5.56. The number of imidazole rings is 1. The summed E-state index contributed by atoms with van der Waals surface area (Å²) in [6.45, 7) is 9.36. The summed E-state index contributed by atoms with van der Waals surface area (Å²) in [4.78, 5) is 0. The van der Waals surface area contributed by atoms with Crippen molar-refractivity contribution in [1.82, 2.24) is 4.57 Å². The van der Waals surface area contributed by atoms with Gasteiger partial charge < -0.3 is 0 Å². The molecule has 0 fully saturated rings. The number of hydrogen-bond acceptors (Lipinski definition) is 0. The van der Waals surface area contributed by atoms with Crippen molar-refractivity contribution in [3.05, 3.63) is 18.2 Å². The summed E-state index contributed by atoms with van der Waals surface area (Å²) in [6.07, 6.45) is 40.2. The Morgan fingerprint density at radius 2 is 0.857 bits per heavy atom. The third-order valence-corrected chi connectivity index (χ3v) is 7.91. The molecule has 0 unspecified atom stereocenters. The number of aryl methyl sites for hydroxylation is 2. The van der Waals surface area contributed by atoms with Crippen LogP contribution in [0.2, 0.25) is 0 Å². The van der Waals surface area contributed by atoms with Crippen LogP contribution in [0.5, 0.6) is 0 Å². The van der Waals surface area contributed by atoms with Crippen molar-refractivity contribution < 1.29 is 4.57 Å². The van der Waals surface area contributed by atoms with Gasteiger partial charge in [-0.05, 0) is 25.7 Å². The van der Waals surface area contributed by atoms with E-state index >= 15 is 0 Å². The highest BCUT2D eigenvalue weighted by Crippen LogP contribution is 2.14. The molecule has 2 nitrogen and oxygen atoms in total. The lowest BCUT2D eigenvalue weighted by molar-refractivity contribution is -0.704. The van der Waals surface area contributed by atoms with Crippen molar-refractivity contribution in [2.24, 2.45) is 0 Å². The SMILES string of the molecule is CCCCCCCCCCCCCCCC[n+]1ccn(CCCCCCCCCCCC)c1CC. The normalized spacial score (nSPS) is 11.5. The molecule has 0 aliphatic heterocycles. The maximum absolute atomic E-state index is 2.54. The number of hydrogen-bond donors (Lipinski definition) is 0. The van der Waals surface area contributed by atoms with Gasteiger partial charge in [-0.15, -0.1) is 0 Å². The Balaban J connectivity index is 1.99. The van der Waals surface area contributed by atoms with Gasteiger partial charge in [-0.2, -0.15) is 0 Å². The fraction of sp³-hybridized carbons (Fsp3) is 0.909. The Bertz CT molecular complexity index is 547. The van der Waals surface area contributed by atoms with E-state index in [2.05, 4.69) is 42.3 Å². The molecule has 1 aromatic heterocycles. The average molecular weight is 490 g/mol. The largest absolute Gasteiger partial charge is 0.256 e. The molecule has 0 spiro atoms. The molecule has 0 aliphatic rings. The Kier molecular flexibility index (Phi) is 22.9. The molecule has 0 aliphatic carbocycles. The third-order valence-electron chi connectivity index (χ3n) is 7.91. The Morgan fingerprint density at radius 1 is 0.486 bits per heavy atom. The Hall–Kier alpha value is -0.790. The van der Waals surface area contributed by atoms with Crippen LogP contribution in [0.3, 0.4) is 0 Å². The summed E-state index contributed by atoms with van der Waals surface area (Å²) in [5.74, 6) is 1.54. The van der Waals surface area contributed by atoms with Gasteiger partial charge in [0.05, 0.1) is 13.1 Å². The second kappa shape index (κ2) is 24.9. The van der Waals surface area contributed by atoms with E-state index in [-0.39, 0.29) is 0 Å². The molecule has 0 saturated carbocycles. The van der Waals surface area contributed by atoms with E-state index in [1.165, 1.54) is 173 Å². The van der Waals surface area contributed by atoms with E-state index < -0.39 is 0 Å². The van der Waals surface area contributed by atoms with Crippen molar-refractivity contribution >= 4 is 0 Å². The minimum atomic E-state index is 1.16. The number of rotatable bonds is 27. The van der Waals surface area contributed by atoms with Gasteiger partial charge in [0.25, 0.3) is 5.82 Å². The van der Waals surface area contributed by atoms with E-state index in [0.717, 1.165) is 6.42 Å². The minimum Gasteiger partial charge on any atom is -0.234 e. The highest BCUT2D eigenvalue weighted by molar-refractivity contribution is 4.83. The van der Waals surface area contributed by atoms with Gasteiger partial charge in [-0.25, -0.2) is 9.13 Å². The molecule has 1 aromatic rings. The maximum atomic E-state index is 2.54. The highest BCUT2D eigenvalue weighted by Gasteiger charge is 2.14. The van der Waals surface area contributed by atoms with Gasteiger partial charge in [0.2, 0.25) is 0 Å². The van der Waals surface area contributed by atoms with Gasteiger partial charge in [-0.1, -0.05) is 149 Å². The minimum absolute atomic E-state index is 1.16. The summed E-state index contributed by atoms with van der Waals surface area (Å²) in [5.41, 5.74) is 0. The number of aromatic nitrogens is 2. The van der Waals surface area contributed by atoms with Crippen molar-refractivity contribution in [2.45, 2.75) is 194 Å². The van der Waals surface area contributed by atoms with Gasteiger partial charge in [0.1, 0.15) is 12.4 Å². The second-order valence-corrected chi connectivity index (χ2v) is 11.2. The number of nitrogens with zero attached hydrogens (tertiary/aromatic N) is 2. The number of unbranched alkanes of at least 4 members (excludes halogenated alkanes) is 22. The van der Waals surface area contributed by atoms with Gasteiger partial charge >= 0.3 is 0 Å². The molecular formula is C33H65N2+. The van der Waals surface area contributed by atoms with E-state index in [1.807, 2.05) is 0 Å². The van der Waals surface area contributed by atoms with Gasteiger partial charge in [0.15, 0.2) is 0 Å². The van der Waals surface area contributed by atoms with Crippen LogP contribution < -0.4 is 4.57 Å². The standard InChI is InChI=1S/C33H65N2/c1-4-7-9-11-13-15-17-18-19-20-22-24-26-28-30-35-32-31-34(33(35)6-3)29-27-25-23-21-16-14-12-10-8-5-2/h31-32H,4-30H2,1-3H3/q+1. The first-order valence-corrected chi connectivity index (χ1v) is 16.4. The first kappa shape index (κ1) is 32.2. The van der Waals surface area contributed by atoms with Crippen LogP contribution in [0.1, 0.15) is 181 Å². The van der Waals surface area contributed by atoms with E-state index in [4.69, 9.17) is 0 Å². The lowest BCUT2D eigenvalue weighted by Crippen LogP contribution is -2.37. The predicted octanol–water partition coefficient (Wildman–Crippen LogP) is 10.7. The van der Waals surface area contributed by atoms with Crippen LogP contribution in [0.25, 0.3) is 0 Å². The molecule has 1 rings (SSSR count). The average Bonchev–Trinajstić information content (AvgIpc) is 3.26. The summed E-state index contributed by atoms with van der Waals surface area (Å²) in [6, 6.07) is 0. The van der Waals surface area contributed by atoms with Gasteiger partial charge in [-0.3, -0.25) is 0 Å². The van der Waals surface area contributed by atoms with Crippen LogP contribution in [-0.4, -0.2) is 4.57 Å². The predicted molar refractivity (Wildman–Crippen MR) is 156 cm³/mol. The molecular weight excluding hydrogens is 424 g/mol. The van der Waals surface area contributed by atoms with E-state index in [1.54, 1.807) is 0 Å². The van der Waals surface area contributed by atoms with E-state index in [0.29, 0.717) is 0 Å². The Morgan fingerprint density at radius 3 is 1.26 bits per heavy atom. The maximum Gasteiger partial charge on any atom is 0.256 e. The van der Waals surface area contributed by atoms with Crippen LogP contribution in [0, 0.1) is 0 Å². The molecule has 0 N–H and O–H groups in total. The van der Waals surface area contributed by atoms with Crippen molar-refractivity contribution in [1.29, 1.82) is 0 Å². The second-order valence-electron chi connectivity index (χ2n) is 11.2. The third kappa shape index (κ3) is 18.2. The molecule has 0 saturated heterocycles. The molecule has 2 heteroatoms. The molecule has 0 bridgehead atoms. The molecule has 0 radical (unpaired) electrons. The highest BCUT2D eigenvalue weighted by atomic mass is 15.1. The van der Waals surface area contributed by atoms with Crippen LogP contribution in [-0.2, 0) is 19.5 Å². The van der Waals surface area contributed by atoms with Crippen molar-refractivity contribution in [3.8, 4) is 0 Å². The smallest absolute Gasteiger partial charge is 0.234 e. The zero-order valence-corrected chi connectivity index (χ0v) is 24.6. The molecule has 0 atom stereocenters. The molecule has 1 heterocycles. The summed E-state index contributed by atoms with van der Waals surface area (Å²) in [7, 11) is 0. The summed E-state index contributed by atoms with van der Waals surface area (Å²) < 4.78 is 5.07. The fourth-order valence-electron chi connectivity index (χ4n) is 5.56.